The summed E-state index contributed by atoms with van der Waals surface area (Å²) in [5.41, 5.74) is 0. The SMILES string of the molecule is CC/C=C\C/C=C\C/C=C\C/C=C\C/C=C\C/C=C\CCC(=O)OCC(COP(=O)(O)OCC(O)COP(=O)(O)OCC(COC(=O)CCC/C=C\C/C=C\C/C=C\C/C=C\C/C=C\CC)OC(=O)C/C=C\C/C=C\C/C=C\C/C=C\C/C=C\CC)OC(=O)CCCCCCCCCCCCC. The molecule has 0 saturated carbocycles. The Balaban J connectivity index is 5.52. The Kier molecular flexibility index (Phi) is 68.8. The fourth-order valence-corrected chi connectivity index (χ4v) is 10.6. The maximum atomic E-state index is 13.1. The highest BCUT2D eigenvalue weighted by atomic mass is 31.2. The standard InChI is InChI=1S/C83H130O17P2/c1-5-9-13-17-21-25-29-32-35-37-38-40-43-45-49-52-56-60-64-68-80(85)93-73-78(99-82(87)69-65-61-57-53-47-28-24-20-16-12-8-4)75-97-101(89,90)95-71-77(84)72-96-102(91,92)98-76-79(100-83(88)70-66-62-58-54-50-46-41-34-31-27-23-19-15-11-7-3)74-94-81(86)67-63-59-55-51-48-44-42-39-36-33-30-26-22-18-14-10-6-2/h9-11,13-15,21-23,25-27,32-36,38,40-42,44-45,49-51,54-56,60,62,66,77-79,84H,5-8,12,16-20,24,28-31,37,39,43,46-48,52-53,57-59,61,63-65,67-76H2,1-4H3,(H,89,90)(H,91,92)/b13-9-,14-10-,15-11-,25-21-,26-22-,27-23-,35-32-,36-33-,40-38-,41-34-,44-42-,49-45-,54-50-,55-51-,60-56-,66-62-. The molecule has 102 heavy (non-hydrogen) atoms. The van der Waals surface area contributed by atoms with Gasteiger partial charge in [0, 0.05) is 19.3 Å². The van der Waals surface area contributed by atoms with Gasteiger partial charge in [0.2, 0.25) is 0 Å². The maximum absolute atomic E-state index is 13.1. The Hall–Kier alpha value is -6.10. The van der Waals surface area contributed by atoms with E-state index in [9.17, 15) is 43.2 Å². The van der Waals surface area contributed by atoms with Gasteiger partial charge >= 0.3 is 39.5 Å². The average Bonchev–Trinajstić information content (AvgIpc) is 0.926. The summed E-state index contributed by atoms with van der Waals surface area (Å²) in [7, 11) is -10.0. The number of aliphatic hydroxyl groups excluding tert-OH is 1. The monoisotopic (exact) mass is 1460 g/mol. The van der Waals surface area contributed by atoms with Crippen LogP contribution < -0.4 is 0 Å². The lowest BCUT2D eigenvalue weighted by Gasteiger charge is -2.21. The van der Waals surface area contributed by atoms with E-state index in [1.165, 1.54) is 38.5 Å². The summed E-state index contributed by atoms with van der Waals surface area (Å²) in [5, 5.41) is 10.6. The molecule has 19 heteroatoms. The first-order valence-electron chi connectivity index (χ1n) is 37.7. The van der Waals surface area contributed by atoms with Crippen molar-refractivity contribution in [3.63, 3.8) is 0 Å². The molecule has 5 unspecified atom stereocenters. The van der Waals surface area contributed by atoms with Crippen LogP contribution in [0.4, 0.5) is 0 Å². The number of rotatable bonds is 68. The minimum Gasteiger partial charge on any atom is -0.462 e. The van der Waals surface area contributed by atoms with Crippen LogP contribution >= 0.6 is 15.6 Å². The third-order valence-electron chi connectivity index (χ3n) is 14.6. The van der Waals surface area contributed by atoms with Crippen molar-refractivity contribution in [3.8, 4) is 0 Å². The van der Waals surface area contributed by atoms with Gasteiger partial charge in [-0.3, -0.25) is 37.3 Å². The number of phosphoric acid groups is 2. The first-order chi connectivity index (χ1) is 49.7. The zero-order valence-corrected chi connectivity index (χ0v) is 64.2. The van der Waals surface area contributed by atoms with Gasteiger partial charge in [-0.15, -0.1) is 0 Å². The maximum Gasteiger partial charge on any atom is 0.472 e. The van der Waals surface area contributed by atoms with Gasteiger partial charge in [-0.05, 0) is 128 Å². The van der Waals surface area contributed by atoms with Crippen molar-refractivity contribution in [2.45, 2.75) is 264 Å². The van der Waals surface area contributed by atoms with Crippen LogP contribution in [0.5, 0.6) is 0 Å². The van der Waals surface area contributed by atoms with Gasteiger partial charge in [0.1, 0.15) is 19.3 Å². The minimum atomic E-state index is -5.02. The number of carbonyl (C=O) groups is 4. The van der Waals surface area contributed by atoms with Crippen molar-refractivity contribution in [2.24, 2.45) is 0 Å². The van der Waals surface area contributed by atoms with Crippen LogP contribution in [0.2, 0.25) is 0 Å². The lowest BCUT2D eigenvalue weighted by molar-refractivity contribution is -0.161. The largest absolute Gasteiger partial charge is 0.472 e. The van der Waals surface area contributed by atoms with Crippen LogP contribution in [0.3, 0.4) is 0 Å². The fourth-order valence-electron chi connectivity index (χ4n) is 9.00. The summed E-state index contributed by atoms with van der Waals surface area (Å²) in [6.45, 7) is 4.20. The molecule has 3 N–H and O–H groups in total. The molecule has 0 bridgehead atoms. The van der Waals surface area contributed by atoms with Crippen molar-refractivity contribution in [3.05, 3.63) is 194 Å². The highest BCUT2D eigenvalue weighted by Crippen LogP contribution is 2.45. The number of hydrogen-bond donors (Lipinski definition) is 3. The van der Waals surface area contributed by atoms with E-state index in [2.05, 4.69) is 167 Å². The van der Waals surface area contributed by atoms with Gasteiger partial charge < -0.3 is 33.8 Å². The van der Waals surface area contributed by atoms with Crippen LogP contribution in [-0.2, 0) is 65.4 Å². The third kappa shape index (κ3) is 72.3. The van der Waals surface area contributed by atoms with Crippen LogP contribution in [0.25, 0.3) is 0 Å². The topological polar surface area (TPSA) is 237 Å². The number of phosphoric ester groups is 2. The van der Waals surface area contributed by atoms with Crippen LogP contribution in [0.1, 0.15) is 246 Å². The van der Waals surface area contributed by atoms with Crippen molar-refractivity contribution >= 4 is 39.5 Å². The summed E-state index contributed by atoms with van der Waals surface area (Å²) in [4.78, 5) is 72.7. The summed E-state index contributed by atoms with van der Waals surface area (Å²) in [6, 6.07) is 0. The first-order valence-corrected chi connectivity index (χ1v) is 40.7. The molecule has 17 nitrogen and oxygen atoms in total. The molecular weight excluding hydrogens is 1330 g/mol. The average molecular weight is 1460 g/mol. The van der Waals surface area contributed by atoms with Crippen LogP contribution in [0.15, 0.2) is 194 Å². The van der Waals surface area contributed by atoms with E-state index in [0.717, 1.165) is 116 Å². The number of unbranched alkanes of at least 4 members (excludes halogenated alkanes) is 11. The third-order valence-corrected chi connectivity index (χ3v) is 16.5. The van der Waals surface area contributed by atoms with Crippen molar-refractivity contribution in [1.82, 2.24) is 0 Å². The Morgan fingerprint density at radius 1 is 0.294 bits per heavy atom. The molecule has 0 aromatic rings. The summed E-state index contributed by atoms with van der Waals surface area (Å²) in [5.74, 6) is -2.51. The Labute approximate surface area is 615 Å². The van der Waals surface area contributed by atoms with Crippen molar-refractivity contribution in [2.75, 3.05) is 39.6 Å². The van der Waals surface area contributed by atoms with Gasteiger partial charge in [0.25, 0.3) is 0 Å². The number of hydrogen-bond acceptors (Lipinski definition) is 15. The van der Waals surface area contributed by atoms with E-state index in [-0.39, 0.29) is 25.7 Å². The van der Waals surface area contributed by atoms with E-state index in [0.29, 0.717) is 38.5 Å². The molecule has 574 valence electrons. The van der Waals surface area contributed by atoms with E-state index in [4.69, 9.17) is 37.0 Å². The second kappa shape index (κ2) is 73.2. The van der Waals surface area contributed by atoms with Gasteiger partial charge in [-0.1, -0.05) is 286 Å². The van der Waals surface area contributed by atoms with Gasteiger partial charge in [0.15, 0.2) is 12.2 Å². The molecule has 0 spiro atoms. The van der Waals surface area contributed by atoms with Crippen molar-refractivity contribution < 1.29 is 80.2 Å². The minimum absolute atomic E-state index is 0.0274. The normalized spacial score (nSPS) is 15.0. The van der Waals surface area contributed by atoms with E-state index < -0.39 is 97.5 Å². The predicted octanol–water partition coefficient (Wildman–Crippen LogP) is 21.8. The molecule has 5 atom stereocenters. The summed E-state index contributed by atoms with van der Waals surface area (Å²) >= 11 is 0. The van der Waals surface area contributed by atoms with Gasteiger partial charge in [0.05, 0.1) is 32.8 Å². The second-order valence-corrected chi connectivity index (χ2v) is 27.0. The van der Waals surface area contributed by atoms with Crippen LogP contribution in [-0.4, -0.2) is 96.7 Å². The highest BCUT2D eigenvalue weighted by molar-refractivity contribution is 7.47. The molecule has 0 aliphatic heterocycles. The highest BCUT2D eigenvalue weighted by Gasteiger charge is 2.30. The summed E-state index contributed by atoms with van der Waals surface area (Å²) < 4.78 is 68.1. The molecule has 0 aliphatic rings. The quantitative estimate of drug-likeness (QED) is 0.0169. The van der Waals surface area contributed by atoms with Gasteiger partial charge in [-0.25, -0.2) is 9.13 Å². The molecule has 0 rings (SSSR count). The Bertz CT molecular complexity index is 2700. The Morgan fingerprint density at radius 3 is 0.922 bits per heavy atom. The Morgan fingerprint density at radius 2 is 0.569 bits per heavy atom. The van der Waals surface area contributed by atoms with Gasteiger partial charge in [-0.2, -0.15) is 0 Å². The number of carbonyl (C=O) groups excluding carboxylic acids is 4. The van der Waals surface area contributed by atoms with E-state index >= 15 is 0 Å². The molecule has 0 heterocycles. The lowest BCUT2D eigenvalue weighted by Crippen LogP contribution is -2.30. The summed E-state index contributed by atoms with van der Waals surface area (Å²) in [6.07, 6.45) is 89.2. The molecule has 0 radical (unpaired) electrons. The molecule has 0 aliphatic carbocycles. The van der Waals surface area contributed by atoms with Crippen molar-refractivity contribution in [1.29, 1.82) is 0 Å². The lowest BCUT2D eigenvalue weighted by atomic mass is 10.1. The van der Waals surface area contributed by atoms with Crippen LogP contribution in [0, 0.1) is 0 Å². The predicted molar refractivity (Wildman–Crippen MR) is 417 cm³/mol. The smallest absolute Gasteiger partial charge is 0.462 e. The number of aliphatic hydroxyl groups is 1. The molecule has 0 aromatic carbocycles. The molecule has 0 saturated heterocycles. The fraction of sp³-hybridized carbons (Fsp3) is 0.566. The van der Waals surface area contributed by atoms with E-state index in [1.54, 1.807) is 12.2 Å². The second-order valence-electron chi connectivity index (χ2n) is 24.1. The molecule has 0 aromatic heterocycles. The zero-order valence-electron chi connectivity index (χ0n) is 62.4. The first kappa shape index (κ1) is 95.9. The number of allylic oxidation sites excluding steroid dienone is 31. The zero-order chi connectivity index (χ0) is 74.6. The molecular formula is C83H130O17P2. The number of esters is 4. The number of ether oxygens (including phenoxy) is 4. The molecule has 0 fully saturated rings. The molecule has 0 amide bonds. The van der Waals surface area contributed by atoms with E-state index in [1.807, 2.05) is 42.5 Å².